The summed E-state index contributed by atoms with van der Waals surface area (Å²) >= 11 is 0. The molecule has 0 nitrogen and oxygen atoms in total. The van der Waals surface area contributed by atoms with Gasteiger partial charge in [-0.25, -0.2) is 0 Å². The van der Waals surface area contributed by atoms with E-state index in [2.05, 4.69) is 0 Å². The van der Waals surface area contributed by atoms with Crippen molar-refractivity contribution in [3.63, 3.8) is 0 Å². The maximum absolute atomic E-state index is 1.50. The van der Waals surface area contributed by atoms with E-state index < -0.39 is 0 Å². The van der Waals surface area contributed by atoms with Crippen LogP contribution in [0.4, 0.5) is 0 Å². The topological polar surface area (TPSA) is 0 Å². The largest absolute Gasteiger partial charge is 0.0533 e. The van der Waals surface area contributed by atoms with Crippen LogP contribution in [0.1, 0.15) is 38.5 Å². The van der Waals surface area contributed by atoms with Gasteiger partial charge in [-0.05, 0) is 0 Å². The van der Waals surface area contributed by atoms with Crippen molar-refractivity contribution in [2.45, 2.75) is 38.5 Å². The van der Waals surface area contributed by atoms with Gasteiger partial charge in [0.15, 0.2) is 0 Å². The Morgan fingerprint density at radius 1 is 0.429 bits per heavy atom. The molecular weight excluding hydrogens is 191 g/mol. The minimum Gasteiger partial charge on any atom is -0.0533 e. The van der Waals surface area contributed by atoms with Crippen molar-refractivity contribution in [1.29, 1.82) is 0 Å². The number of hydrogen-bond acceptors (Lipinski definition) is 0. The van der Waals surface area contributed by atoms with Gasteiger partial charge in [0.2, 0.25) is 0 Å². The molecule has 0 amide bonds. The normalized spacial score (nSPS) is 20.6. The fourth-order valence-corrected chi connectivity index (χ4v) is 1.06. The first-order valence-electron chi connectivity index (χ1n) is 3.00. The Kier molecular flexibility index (Phi) is 5.51. The molecule has 7 heavy (non-hydrogen) atoms. The Hall–Kier alpha value is 0.799. The molecular formula is C6H12Sn. The van der Waals surface area contributed by atoms with Crippen LogP contribution < -0.4 is 0 Å². The molecule has 0 aromatic rings. The molecule has 0 aromatic carbocycles. The molecule has 0 bridgehead atoms. The molecule has 0 saturated heterocycles. The van der Waals surface area contributed by atoms with Crippen molar-refractivity contribution in [2.75, 3.05) is 0 Å². The summed E-state index contributed by atoms with van der Waals surface area (Å²) in [5.74, 6) is 0. The van der Waals surface area contributed by atoms with E-state index in [0.29, 0.717) is 0 Å². The first-order valence-corrected chi connectivity index (χ1v) is 3.00. The summed E-state index contributed by atoms with van der Waals surface area (Å²) in [4.78, 5) is 0. The number of hydrogen-bond donors (Lipinski definition) is 0. The van der Waals surface area contributed by atoms with Gasteiger partial charge in [-0.3, -0.25) is 0 Å². The molecule has 1 aliphatic carbocycles. The minimum atomic E-state index is 0. The van der Waals surface area contributed by atoms with E-state index in [0.717, 1.165) is 0 Å². The zero-order valence-electron chi connectivity index (χ0n) is 4.74. The Balaban J connectivity index is 0.000000360. The second-order valence-electron chi connectivity index (χ2n) is 2.12. The van der Waals surface area contributed by atoms with E-state index in [9.17, 15) is 0 Å². The van der Waals surface area contributed by atoms with Crippen LogP contribution >= 0.6 is 0 Å². The third kappa shape index (κ3) is 3.39. The Morgan fingerprint density at radius 3 is 0.714 bits per heavy atom. The van der Waals surface area contributed by atoms with Gasteiger partial charge >= 0.3 is 0 Å². The molecule has 1 fully saturated rings. The Bertz CT molecular complexity index is 19.7. The standard InChI is InChI=1S/C6H12.Sn/c1-2-4-6-5-3-1;/h1-6H2;. The molecule has 0 N–H and O–H groups in total. The average molecular weight is 203 g/mol. The van der Waals surface area contributed by atoms with Gasteiger partial charge in [-0.1, -0.05) is 38.5 Å². The SMILES string of the molecule is C1CCCCC1.[Sn]. The quantitative estimate of drug-likeness (QED) is 0.527. The van der Waals surface area contributed by atoms with Gasteiger partial charge in [0.1, 0.15) is 0 Å². The van der Waals surface area contributed by atoms with Gasteiger partial charge in [0.25, 0.3) is 0 Å². The smallest absolute Gasteiger partial charge is 0 e. The summed E-state index contributed by atoms with van der Waals surface area (Å²) in [6.07, 6.45) is 9.00. The van der Waals surface area contributed by atoms with Gasteiger partial charge in [0.05, 0.1) is 0 Å². The fraction of sp³-hybridized carbons (Fsp3) is 1.00. The van der Waals surface area contributed by atoms with Crippen molar-refractivity contribution in [1.82, 2.24) is 0 Å². The first kappa shape index (κ1) is 7.80. The van der Waals surface area contributed by atoms with Crippen molar-refractivity contribution in [3.8, 4) is 0 Å². The van der Waals surface area contributed by atoms with Crippen LogP contribution in [0.15, 0.2) is 0 Å². The summed E-state index contributed by atoms with van der Waals surface area (Å²) in [5.41, 5.74) is 0. The molecule has 0 aliphatic heterocycles. The molecule has 4 radical (unpaired) electrons. The van der Waals surface area contributed by atoms with Crippen molar-refractivity contribution >= 4 is 23.9 Å². The van der Waals surface area contributed by atoms with E-state index in [-0.39, 0.29) is 23.9 Å². The second-order valence-corrected chi connectivity index (χ2v) is 2.12. The molecule has 0 unspecified atom stereocenters. The molecule has 0 spiro atoms. The summed E-state index contributed by atoms with van der Waals surface area (Å²) in [7, 11) is 0. The van der Waals surface area contributed by atoms with Gasteiger partial charge < -0.3 is 0 Å². The maximum Gasteiger partial charge on any atom is 0 e. The monoisotopic (exact) mass is 204 g/mol. The van der Waals surface area contributed by atoms with Crippen LogP contribution in [0.25, 0.3) is 0 Å². The summed E-state index contributed by atoms with van der Waals surface area (Å²) in [6.45, 7) is 0. The predicted octanol–water partition coefficient (Wildman–Crippen LogP) is 1.96. The van der Waals surface area contributed by atoms with Crippen LogP contribution in [-0.4, -0.2) is 23.9 Å². The van der Waals surface area contributed by atoms with Gasteiger partial charge in [-0.2, -0.15) is 0 Å². The minimum absolute atomic E-state index is 0. The third-order valence-electron chi connectivity index (χ3n) is 1.50. The Labute approximate surface area is 62.6 Å². The van der Waals surface area contributed by atoms with Gasteiger partial charge in [-0.15, -0.1) is 0 Å². The summed E-state index contributed by atoms with van der Waals surface area (Å²) in [5, 5.41) is 0. The molecule has 1 aliphatic rings. The molecule has 1 saturated carbocycles. The molecule has 0 heterocycles. The van der Waals surface area contributed by atoms with Crippen LogP contribution in [0.3, 0.4) is 0 Å². The zero-order valence-corrected chi connectivity index (χ0v) is 7.60. The van der Waals surface area contributed by atoms with E-state index in [1.807, 2.05) is 0 Å². The summed E-state index contributed by atoms with van der Waals surface area (Å²) in [6, 6.07) is 0. The number of rotatable bonds is 0. The van der Waals surface area contributed by atoms with Crippen molar-refractivity contribution in [2.24, 2.45) is 0 Å². The van der Waals surface area contributed by atoms with E-state index in [1.165, 1.54) is 38.5 Å². The fourth-order valence-electron chi connectivity index (χ4n) is 1.06. The van der Waals surface area contributed by atoms with E-state index >= 15 is 0 Å². The first-order chi connectivity index (χ1) is 3.00. The van der Waals surface area contributed by atoms with Crippen molar-refractivity contribution in [3.05, 3.63) is 0 Å². The molecule has 1 heteroatoms. The van der Waals surface area contributed by atoms with Gasteiger partial charge in [0, 0.05) is 23.9 Å². The third-order valence-corrected chi connectivity index (χ3v) is 1.50. The van der Waals surface area contributed by atoms with Crippen molar-refractivity contribution < 1.29 is 0 Å². The molecule has 0 atom stereocenters. The van der Waals surface area contributed by atoms with Crippen LogP contribution in [0.5, 0.6) is 0 Å². The van der Waals surface area contributed by atoms with Crippen LogP contribution in [-0.2, 0) is 0 Å². The Morgan fingerprint density at radius 2 is 0.571 bits per heavy atom. The molecule has 40 valence electrons. The molecule has 0 aromatic heterocycles. The van der Waals surface area contributed by atoms with E-state index in [4.69, 9.17) is 0 Å². The maximum atomic E-state index is 1.50. The summed E-state index contributed by atoms with van der Waals surface area (Å²) < 4.78 is 0. The molecule has 1 rings (SSSR count). The van der Waals surface area contributed by atoms with Crippen LogP contribution in [0.2, 0.25) is 0 Å². The average Bonchev–Trinajstić information content (AvgIpc) is 1.72. The predicted molar refractivity (Wildman–Crippen MR) is 33.5 cm³/mol. The second kappa shape index (κ2) is 4.95. The van der Waals surface area contributed by atoms with Crippen LogP contribution in [0, 0.1) is 0 Å². The van der Waals surface area contributed by atoms with E-state index in [1.54, 1.807) is 0 Å². The zero-order chi connectivity index (χ0) is 4.24.